The van der Waals surface area contributed by atoms with Gasteiger partial charge in [-0.05, 0) is 31.2 Å². The molecule has 0 spiro atoms. The summed E-state index contributed by atoms with van der Waals surface area (Å²) in [6.45, 7) is 0. The smallest absolute Gasteiger partial charge is 0.303 e. The highest BCUT2D eigenvalue weighted by Gasteiger charge is 2.12. The fourth-order valence-corrected chi connectivity index (χ4v) is 2.46. The van der Waals surface area contributed by atoms with E-state index in [9.17, 15) is 15.0 Å². The Balaban J connectivity index is 2.12. The maximum Gasteiger partial charge on any atom is 0.303 e. The summed E-state index contributed by atoms with van der Waals surface area (Å²) in [4.78, 5) is 10.4. The molecular weight excluding hydrogens is 352 g/mol. The molecule has 4 heteroatoms. The third-order valence-corrected chi connectivity index (χ3v) is 4.02. The van der Waals surface area contributed by atoms with Crippen LogP contribution in [0, 0.1) is 11.8 Å². The predicted octanol–water partition coefficient (Wildman–Crippen LogP) is 4.05. The van der Waals surface area contributed by atoms with Gasteiger partial charge >= 0.3 is 5.97 Å². The number of aliphatic hydroxyl groups is 2. The van der Waals surface area contributed by atoms with Gasteiger partial charge in [0.2, 0.25) is 0 Å². The van der Waals surface area contributed by atoms with Crippen LogP contribution in [-0.4, -0.2) is 33.5 Å². The van der Waals surface area contributed by atoms with E-state index in [4.69, 9.17) is 5.11 Å². The molecule has 0 aromatic heterocycles. The number of carboxylic acid groups (broad SMARTS) is 1. The van der Waals surface area contributed by atoms with Crippen molar-refractivity contribution in [3.05, 3.63) is 72.4 Å². The molecule has 0 amide bonds. The van der Waals surface area contributed by atoms with E-state index in [-0.39, 0.29) is 12.8 Å². The first kappa shape index (κ1) is 23.4. The van der Waals surface area contributed by atoms with Gasteiger partial charge in [-0.25, -0.2) is 0 Å². The van der Waals surface area contributed by atoms with Gasteiger partial charge in [0.15, 0.2) is 0 Å². The number of aliphatic hydroxyl groups excluding tert-OH is 2. The highest BCUT2D eigenvalue weighted by atomic mass is 16.4. The summed E-state index contributed by atoms with van der Waals surface area (Å²) in [5, 5.41) is 28.0. The highest BCUT2D eigenvalue weighted by molar-refractivity contribution is 5.66. The SMILES string of the molecule is O=C(O)CCC[C@@H](O)[C@H](O)/C=C/C=C/C=C\CC#CCCCc1ccccc1. The molecule has 150 valence electrons. The summed E-state index contributed by atoms with van der Waals surface area (Å²) in [5.41, 5.74) is 1.35. The van der Waals surface area contributed by atoms with Crippen LogP contribution in [0.25, 0.3) is 0 Å². The number of rotatable bonds is 12. The minimum Gasteiger partial charge on any atom is -0.481 e. The summed E-state index contributed by atoms with van der Waals surface area (Å²) in [6, 6.07) is 10.4. The summed E-state index contributed by atoms with van der Waals surface area (Å²) in [7, 11) is 0. The van der Waals surface area contributed by atoms with Crippen molar-refractivity contribution in [2.75, 3.05) is 0 Å². The zero-order valence-corrected chi connectivity index (χ0v) is 16.2. The highest BCUT2D eigenvalue weighted by Crippen LogP contribution is 2.06. The zero-order valence-electron chi connectivity index (χ0n) is 16.2. The Kier molecular flexibility index (Phi) is 12.9. The lowest BCUT2D eigenvalue weighted by atomic mass is 10.1. The van der Waals surface area contributed by atoms with Gasteiger partial charge in [0.25, 0.3) is 0 Å². The number of aryl methyl sites for hydroxylation is 1. The number of carboxylic acids is 1. The van der Waals surface area contributed by atoms with E-state index in [0.717, 1.165) is 19.3 Å². The Morgan fingerprint density at radius 1 is 1.00 bits per heavy atom. The Hall–Kier alpha value is -2.61. The fourth-order valence-electron chi connectivity index (χ4n) is 2.46. The van der Waals surface area contributed by atoms with Crippen molar-refractivity contribution in [2.24, 2.45) is 0 Å². The van der Waals surface area contributed by atoms with Gasteiger partial charge < -0.3 is 15.3 Å². The molecule has 0 aliphatic carbocycles. The lowest BCUT2D eigenvalue weighted by molar-refractivity contribution is -0.137. The van der Waals surface area contributed by atoms with Crippen LogP contribution in [0.15, 0.2) is 66.8 Å². The largest absolute Gasteiger partial charge is 0.481 e. The van der Waals surface area contributed by atoms with Crippen LogP contribution >= 0.6 is 0 Å². The van der Waals surface area contributed by atoms with E-state index < -0.39 is 18.2 Å². The van der Waals surface area contributed by atoms with Crippen molar-refractivity contribution in [3.63, 3.8) is 0 Å². The molecule has 1 aromatic rings. The average Bonchev–Trinajstić information content (AvgIpc) is 2.69. The summed E-state index contributed by atoms with van der Waals surface area (Å²) in [6.07, 6.45) is 13.0. The Labute approximate surface area is 167 Å². The number of hydrogen-bond donors (Lipinski definition) is 3. The van der Waals surface area contributed by atoms with Crippen molar-refractivity contribution in [2.45, 2.75) is 57.2 Å². The van der Waals surface area contributed by atoms with E-state index in [1.54, 1.807) is 12.2 Å². The molecule has 0 fully saturated rings. The van der Waals surface area contributed by atoms with E-state index in [1.165, 1.54) is 11.6 Å². The molecule has 3 N–H and O–H groups in total. The van der Waals surface area contributed by atoms with E-state index in [0.29, 0.717) is 12.8 Å². The van der Waals surface area contributed by atoms with Gasteiger partial charge in [-0.2, -0.15) is 0 Å². The Bertz CT molecular complexity index is 692. The molecule has 0 heterocycles. The fraction of sp³-hybridized carbons (Fsp3) is 0.375. The van der Waals surface area contributed by atoms with Gasteiger partial charge in [0, 0.05) is 19.3 Å². The van der Waals surface area contributed by atoms with Crippen molar-refractivity contribution in [1.82, 2.24) is 0 Å². The summed E-state index contributed by atoms with van der Waals surface area (Å²) < 4.78 is 0. The molecule has 1 rings (SSSR count). The molecule has 2 atom stereocenters. The van der Waals surface area contributed by atoms with Gasteiger partial charge in [0.1, 0.15) is 0 Å². The first-order valence-electron chi connectivity index (χ1n) is 9.67. The first-order valence-corrected chi connectivity index (χ1v) is 9.67. The second-order valence-electron chi connectivity index (χ2n) is 6.44. The molecule has 28 heavy (non-hydrogen) atoms. The molecule has 0 unspecified atom stereocenters. The van der Waals surface area contributed by atoms with Crippen molar-refractivity contribution in [3.8, 4) is 11.8 Å². The van der Waals surface area contributed by atoms with Crippen molar-refractivity contribution >= 4 is 5.97 Å². The van der Waals surface area contributed by atoms with Gasteiger partial charge in [0.05, 0.1) is 12.2 Å². The summed E-state index contributed by atoms with van der Waals surface area (Å²) in [5.74, 6) is 5.39. The lowest BCUT2D eigenvalue weighted by Crippen LogP contribution is -2.23. The van der Waals surface area contributed by atoms with Gasteiger partial charge in [-0.1, -0.05) is 72.7 Å². The zero-order chi connectivity index (χ0) is 20.5. The second kappa shape index (κ2) is 15.4. The number of carbonyl (C=O) groups is 1. The molecule has 1 aromatic carbocycles. The van der Waals surface area contributed by atoms with Gasteiger partial charge in [-0.3, -0.25) is 4.79 Å². The molecule has 0 aliphatic heterocycles. The van der Waals surface area contributed by atoms with Crippen LogP contribution in [0.2, 0.25) is 0 Å². The molecule has 4 nitrogen and oxygen atoms in total. The number of benzene rings is 1. The van der Waals surface area contributed by atoms with Crippen LogP contribution in [0.3, 0.4) is 0 Å². The van der Waals surface area contributed by atoms with Crippen LogP contribution in [0.4, 0.5) is 0 Å². The minimum atomic E-state index is -0.996. The third kappa shape index (κ3) is 12.7. The predicted molar refractivity (Wildman–Crippen MR) is 113 cm³/mol. The number of unbranched alkanes of at least 4 members (excludes halogenated alkanes) is 1. The molecule has 0 bridgehead atoms. The van der Waals surface area contributed by atoms with Crippen molar-refractivity contribution in [1.29, 1.82) is 0 Å². The molecule has 0 aliphatic rings. The van der Waals surface area contributed by atoms with E-state index in [1.807, 2.05) is 24.3 Å². The Morgan fingerprint density at radius 3 is 2.50 bits per heavy atom. The molecule has 0 saturated heterocycles. The minimum absolute atomic E-state index is 0.00584. The quantitative estimate of drug-likeness (QED) is 0.290. The maximum absolute atomic E-state index is 10.4. The number of aliphatic carboxylic acids is 1. The topological polar surface area (TPSA) is 77.8 Å². The van der Waals surface area contributed by atoms with Crippen molar-refractivity contribution < 1.29 is 20.1 Å². The van der Waals surface area contributed by atoms with Gasteiger partial charge in [-0.15, -0.1) is 5.92 Å². The van der Waals surface area contributed by atoms with Crippen LogP contribution < -0.4 is 0 Å². The maximum atomic E-state index is 10.4. The standard InChI is InChI=1S/C24H30O4/c25-22(23(26)19-14-20-24(27)28)18-13-8-6-4-2-1-3-5-7-10-15-21-16-11-9-12-17-21/h2,4,6,8-9,11-13,16-18,22-23,25-26H,1,7,10,14-15,19-20H2,(H,27,28)/b4-2-,8-6+,18-13+/t22-,23-/m1/s1. The van der Waals surface area contributed by atoms with E-state index >= 15 is 0 Å². The van der Waals surface area contributed by atoms with Crippen LogP contribution in [0.1, 0.15) is 44.1 Å². The normalized spacial score (nSPS) is 13.6. The molecule has 0 radical (unpaired) electrons. The number of hydrogen-bond acceptors (Lipinski definition) is 3. The van der Waals surface area contributed by atoms with Crippen LogP contribution in [0.5, 0.6) is 0 Å². The van der Waals surface area contributed by atoms with Crippen LogP contribution in [-0.2, 0) is 11.2 Å². The average molecular weight is 383 g/mol. The molecule has 0 saturated carbocycles. The Morgan fingerprint density at radius 2 is 1.75 bits per heavy atom. The summed E-state index contributed by atoms with van der Waals surface area (Å²) >= 11 is 0. The molecular formula is C24H30O4. The monoisotopic (exact) mass is 382 g/mol. The number of allylic oxidation sites excluding steroid dienone is 5. The first-order chi connectivity index (χ1) is 13.6. The second-order valence-corrected chi connectivity index (χ2v) is 6.44. The van der Waals surface area contributed by atoms with E-state index in [2.05, 4.69) is 36.1 Å². The third-order valence-electron chi connectivity index (χ3n) is 4.02. The lowest BCUT2D eigenvalue weighted by Gasteiger charge is -2.13.